The number of rotatable bonds is 3. The molecular weight excluding hydrogens is 455 g/mol. The molecule has 5 rings (SSSR count). The summed E-state index contributed by atoms with van der Waals surface area (Å²) in [7, 11) is 1.75. The molecule has 0 saturated carbocycles. The van der Waals surface area contributed by atoms with Crippen LogP contribution in [-0.2, 0) is 19.8 Å². The highest BCUT2D eigenvalue weighted by atomic mass is 19.4. The number of aromatic nitrogens is 3. The van der Waals surface area contributed by atoms with Gasteiger partial charge in [0.2, 0.25) is 0 Å². The summed E-state index contributed by atoms with van der Waals surface area (Å²) < 4.78 is 44.3. The molecule has 0 unspecified atom stereocenters. The normalized spacial score (nSPS) is 12.1. The van der Waals surface area contributed by atoms with Crippen LogP contribution in [0.1, 0.15) is 22.3 Å². The monoisotopic (exact) mass is 477 g/mol. The lowest BCUT2D eigenvalue weighted by Gasteiger charge is -2.15. The molecule has 0 fully saturated rings. The summed E-state index contributed by atoms with van der Waals surface area (Å²) in [6, 6.07) is 17.6. The Balaban J connectivity index is 1.91. The van der Waals surface area contributed by atoms with Crippen molar-refractivity contribution < 1.29 is 13.2 Å². The standard InChI is InChI=1S/C27H22F3N3O2/c1-16-11-12-22-20(13-16)23-24(31(22)3)25(34)33(21-10-5-4-7-17(21)2)26(35)32(23)15-18-8-6-9-19(14-18)27(28,29)30/h4-14H,15H2,1-3H3. The molecule has 8 heteroatoms. The maximum absolute atomic E-state index is 13.9. The minimum atomic E-state index is -4.51. The zero-order valence-corrected chi connectivity index (χ0v) is 19.3. The fourth-order valence-electron chi connectivity index (χ4n) is 4.67. The van der Waals surface area contributed by atoms with Gasteiger partial charge in [0.1, 0.15) is 5.52 Å². The molecule has 0 aliphatic heterocycles. The number of para-hydroxylation sites is 1. The molecule has 178 valence electrons. The van der Waals surface area contributed by atoms with Crippen LogP contribution in [0.15, 0.2) is 76.3 Å². The minimum Gasteiger partial charge on any atom is -0.338 e. The van der Waals surface area contributed by atoms with Crippen LogP contribution in [0.5, 0.6) is 0 Å². The number of fused-ring (bicyclic) bond motifs is 3. The van der Waals surface area contributed by atoms with E-state index in [0.717, 1.165) is 33.3 Å². The Labute approximate surface area is 198 Å². The van der Waals surface area contributed by atoms with Gasteiger partial charge in [-0.3, -0.25) is 9.36 Å². The number of aryl methyl sites for hydroxylation is 3. The summed E-state index contributed by atoms with van der Waals surface area (Å²) in [5, 5.41) is 0.695. The lowest BCUT2D eigenvalue weighted by molar-refractivity contribution is -0.137. The molecule has 0 saturated heterocycles. The molecule has 5 nitrogen and oxygen atoms in total. The molecular formula is C27H22F3N3O2. The van der Waals surface area contributed by atoms with Crippen molar-refractivity contribution in [3.05, 3.63) is 110 Å². The second-order valence-corrected chi connectivity index (χ2v) is 8.77. The second-order valence-electron chi connectivity index (χ2n) is 8.77. The molecule has 0 N–H and O–H groups in total. The van der Waals surface area contributed by atoms with Gasteiger partial charge in [-0.15, -0.1) is 0 Å². The van der Waals surface area contributed by atoms with Crippen molar-refractivity contribution in [3.63, 3.8) is 0 Å². The van der Waals surface area contributed by atoms with Gasteiger partial charge in [0.25, 0.3) is 5.56 Å². The third kappa shape index (κ3) is 3.65. The van der Waals surface area contributed by atoms with Crippen LogP contribution < -0.4 is 11.2 Å². The highest BCUT2D eigenvalue weighted by Gasteiger charge is 2.30. The zero-order valence-electron chi connectivity index (χ0n) is 19.3. The number of alkyl halides is 3. The van der Waals surface area contributed by atoms with Gasteiger partial charge in [0.15, 0.2) is 0 Å². The summed E-state index contributed by atoms with van der Waals surface area (Å²) >= 11 is 0. The van der Waals surface area contributed by atoms with Crippen LogP contribution in [0.25, 0.3) is 27.6 Å². The van der Waals surface area contributed by atoms with E-state index in [9.17, 15) is 22.8 Å². The number of halogens is 3. The predicted molar refractivity (Wildman–Crippen MR) is 130 cm³/mol. The van der Waals surface area contributed by atoms with E-state index >= 15 is 0 Å². The van der Waals surface area contributed by atoms with Gasteiger partial charge in [-0.25, -0.2) is 9.36 Å². The number of hydrogen-bond acceptors (Lipinski definition) is 2. The van der Waals surface area contributed by atoms with E-state index in [1.165, 1.54) is 10.6 Å². The van der Waals surface area contributed by atoms with E-state index in [0.29, 0.717) is 27.7 Å². The van der Waals surface area contributed by atoms with Crippen LogP contribution >= 0.6 is 0 Å². The van der Waals surface area contributed by atoms with E-state index in [4.69, 9.17) is 0 Å². The summed E-state index contributed by atoms with van der Waals surface area (Å²) in [6.45, 7) is 3.58. The van der Waals surface area contributed by atoms with E-state index < -0.39 is 23.0 Å². The average molecular weight is 477 g/mol. The fraction of sp³-hybridized carbons (Fsp3) is 0.185. The van der Waals surface area contributed by atoms with Crippen molar-refractivity contribution in [2.75, 3.05) is 0 Å². The molecule has 0 atom stereocenters. The molecule has 2 aromatic heterocycles. The highest BCUT2D eigenvalue weighted by Crippen LogP contribution is 2.31. The average Bonchev–Trinajstić information content (AvgIpc) is 3.09. The first-order valence-corrected chi connectivity index (χ1v) is 11.0. The maximum atomic E-state index is 13.9. The molecule has 2 heterocycles. The molecule has 0 amide bonds. The molecule has 0 spiro atoms. The van der Waals surface area contributed by atoms with Gasteiger partial charge < -0.3 is 4.57 Å². The maximum Gasteiger partial charge on any atom is 0.416 e. The third-order valence-electron chi connectivity index (χ3n) is 6.38. The zero-order chi connectivity index (χ0) is 25.1. The molecule has 0 aliphatic carbocycles. The number of hydrogen-bond donors (Lipinski definition) is 0. The Morgan fingerprint density at radius 1 is 0.857 bits per heavy atom. The third-order valence-corrected chi connectivity index (χ3v) is 6.38. The Morgan fingerprint density at radius 3 is 2.31 bits per heavy atom. The Bertz CT molecular complexity index is 1740. The van der Waals surface area contributed by atoms with Crippen molar-refractivity contribution in [1.29, 1.82) is 0 Å². The summed E-state index contributed by atoms with van der Waals surface area (Å²) in [5.41, 5.74) is 2.00. The van der Waals surface area contributed by atoms with Crippen molar-refractivity contribution in [2.24, 2.45) is 7.05 Å². The van der Waals surface area contributed by atoms with Crippen molar-refractivity contribution in [2.45, 2.75) is 26.6 Å². The van der Waals surface area contributed by atoms with E-state index in [-0.39, 0.29) is 6.54 Å². The van der Waals surface area contributed by atoms with Crippen molar-refractivity contribution in [3.8, 4) is 5.69 Å². The first-order valence-electron chi connectivity index (χ1n) is 11.0. The number of nitrogens with zero attached hydrogens (tertiary/aromatic N) is 3. The van der Waals surface area contributed by atoms with E-state index in [2.05, 4.69) is 0 Å². The van der Waals surface area contributed by atoms with Crippen molar-refractivity contribution >= 4 is 21.9 Å². The quantitative estimate of drug-likeness (QED) is 0.353. The van der Waals surface area contributed by atoms with E-state index in [1.807, 2.05) is 31.2 Å². The van der Waals surface area contributed by atoms with E-state index in [1.54, 1.807) is 42.8 Å². The van der Waals surface area contributed by atoms with Gasteiger partial charge in [0.05, 0.1) is 28.8 Å². The Hall–Kier alpha value is -4.07. The molecule has 0 aliphatic rings. The topological polar surface area (TPSA) is 48.9 Å². The number of benzene rings is 3. The predicted octanol–water partition coefficient (Wildman–Crippen LogP) is 5.33. The summed E-state index contributed by atoms with van der Waals surface area (Å²) in [6.07, 6.45) is -4.51. The van der Waals surface area contributed by atoms with Crippen LogP contribution in [-0.4, -0.2) is 13.7 Å². The van der Waals surface area contributed by atoms with Gasteiger partial charge >= 0.3 is 11.9 Å². The first-order chi connectivity index (χ1) is 16.6. The van der Waals surface area contributed by atoms with Crippen molar-refractivity contribution in [1.82, 2.24) is 13.7 Å². The van der Waals surface area contributed by atoms with Crippen LogP contribution in [0, 0.1) is 13.8 Å². The van der Waals surface area contributed by atoms with Gasteiger partial charge in [-0.05, 0) is 55.3 Å². The smallest absolute Gasteiger partial charge is 0.338 e. The van der Waals surface area contributed by atoms with Gasteiger partial charge in [0, 0.05) is 12.4 Å². The highest BCUT2D eigenvalue weighted by molar-refractivity contribution is 6.06. The molecule has 0 radical (unpaired) electrons. The fourth-order valence-corrected chi connectivity index (χ4v) is 4.67. The molecule has 0 bridgehead atoms. The van der Waals surface area contributed by atoms with Crippen LogP contribution in [0.3, 0.4) is 0 Å². The largest absolute Gasteiger partial charge is 0.416 e. The lowest BCUT2D eigenvalue weighted by Crippen LogP contribution is -2.40. The van der Waals surface area contributed by atoms with Gasteiger partial charge in [-0.1, -0.05) is 42.0 Å². The second kappa shape index (κ2) is 8.01. The lowest BCUT2D eigenvalue weighted by atomic mass is 10.1. The Kier molecular flexibility index (Phi) is 5.20. The molecule has 35 heavy (non-hydrogen) atoms. The molecule has 3 aromatic carbocycles. The summed E-state index contributed by atoms with van der Waals surface area (Å²) in [5.74, 6) is 0. The van der Waals surface area contributed by atoms with Gasteiger partial charge in [-0.2, -0.15) is 13.2 Å². The Morgan fingerprint density at radius 2 is 1.60 bits per heavy atom. The minimum absolute atomic E-state index is 0.127. The summed E-state index contributed by atoms with van der Waals surface area (Å²) in [4.78, 5) is 27.6. The van der Waals surface area contributed by atoms with Crippen LogP contribution in [0.2, 0.25) is 0 Å². The molecule has 5 aromatic rings. The van der Waals surface area contributed by atoms with Crippen LogP contribution in [0.4, 0.5) is 13.2 Å². The first kappa shape index (κ1) is 22.7. The SMILES string of the molecule is Cc1ccc2c(c1)c1c(c(=O)n(-c3ccccc3C)c(=O)n1Cc1cccc(C(F)(F)F)c1)n2C.